The van der Waals surface area contributed by atoms with Crippen LogP contribution in [-0.4, -0.2) is 43.1 Å². The second-order valence-corrected chi connectivity index (χ2v) is 7.49. The van der Waals surface area contributed by atoms with E-state index in [2.05, 4.69) is 5.10 Å². The fourth-order valence-corrected chi connectivity index (χ4v) is 4.83. The molecule has 0 spiro atoms. The van der Waals surface area contributed by atoms with Gasteiger partial charge in [-0.2, -0.15) is 5.10 Å². The number of hydrogen-bond acceptors (Lipinski definition) is 5. The number of halogens is 1. The summed E-state index contributed by atoms with van der Waals surface area (Å²) in [7, 11) is -1.59. The molecule has 1 unspecified atom stereocenters. The van der Waals surface area contributed by atoms with Crippen molar-refractivity contribution in [2.45, 2.75) is 25.5 Å². The van der Waals surface area contributed by atoms with Crippen LogP contribution in [0.1, 0.15) is 29.4 Å². The van der Waals surface area contributed by atoms with Gasteiger partial charge in [-0.3, -0.25) is 4.79 Å². The van der Waals surface area contributed by atoms with Crippen LogP contribution >= 0.6 is 11.6 Å². The molecule has 1 aliphatic rings. The lowest BCUT2D eigenvalue weighted by molar-refractivity contribution is 0.111. The lowest BCUT2D eigenvalue weighted by atomic mass is 10.0. The number of aromatic nitrogens is 2. The Balaban J connectivity index is 2.49. The van der Waals surface area contributed by atoms with Gasteiger partial charge in [0.25, 0.3) is 0 Å². The first-order valence-corrected chi connectivity index (χ1v) is 7.95. The summed E-state index contributed by atoms with van der Waals surface area (Å²) in [5.41, 5.74) is -0.0262. The molecule has 0 bridgehead atoms. The Bertz CT molecular complexity index is 610. The molecule has 0 N–H and O–H groups in total. The van der Waals surface area contributed by atoms with Gasteiger partial charge in [-0.05, 0) is 13.3 Å². The summed E-state index contributed by atoms with van der Waals surface area (Å²) in [4.78, 5) is 11.1. The SMILES string of the molecule is COCc1nn(C2(C)CCS(=O)(=O)C2)c(Cl)c1C=O. The summed E-state index contributed by atoms with van der Waals surface area (Å²) in [5, 5.41) is 4.42. The molecule has 0 aliphatic carbocycles. The summed E-state index contributed by atoms with van der Waals surface area (Å²) < 4.78 is 29.7. The molecule has 2 heterocycles. The van der Waals surface area contributed by atoms with Crippen molar-refractivity contribution in [3.05, 3.63) is 16.4 Å². The molecule has 8 heteroatoms. The van der Waals surface area contributed by atoms with Gasteiger partial charge in [-0.25, -0.2) is 13.1 Å². The average Bonchev–Trinajstić information content (AvgIpc) is 2.78. The summed E-state index contributed by atoms with van der Waals surface area (Å²) in [5.74, 6) is 0.0852. The maximum absolute atomic E-state index is 11.6. The van der Waals surface area contributed by atoms with Crippen molar-refractivity contribution in [1.82, 2.24) is 9.78 Å². The fraction of sp³-hybridized carbons (Fsp3) is 0.636. The Kier molecular flexibility index (Phi) is 3.72. The number of carbonyl (C=O) groups is 1. The van der Waals surface area contributed by atoms with Crippen molar-refractivity contribution in [2.75, 3.05) is 18.6 Å². The molecule has 0 saturated carbocycles. The third kappa shape index (κ3) is 2.54. The van der Waals surface area contributed by atoms with Gasteiger partial charge >= 0.3 is 0 Å². The summed E-state index contributed by atoms with van der Waals surface area (Å²) in [6.45, 7) is 1.94. The quantitative estimate of drug-likeness (QED) is 0.776. The van der Waals surface area contributed by atoms with Gasteiger partial charge < -0.3 is 4.74 Å². The monoisotopic (exact) mass is 306 g/mol. The third-order valence-corrected chi connectivity index (χ3v) is 5.58. The zero-order valence-corrected chi connectivity index (χ0v) is 12.3. The number of hydrogen-bond donors (Lipinski definition) is 0. The first kappa shape index (κ1) is 14.5. The van der Waals surface area contributed by atoms with Crippen LogP contribution in [0.3, 0.4) is 0 Å². The highest BCUT2D eigenvalue weighted by atomic mass is 35.5. The van der Waals surface area contributed by atoms with Crippen molar-refractivity contribution in [2.24, 2.45) is 0 Å². The number of aldehydes is 1. The van der Waals surface area contributed by atoms with E-state index in [-0.39, 0.29) is 28.8 Å². The predicted molar refractivity (Wildman–Crippen MR) is 70.3 cm³/mol. The molecular formula is C11H15ClN2O4S. The van der Waals surface area contributed by atoms with Gasteiger partial charge in [0, 0.05) is 7.11 Å². The highest BCUT2D eigenvalue weighted by molar-refractivity contribution is 7.91. The topological polar surface area (TPSA) is 78.3 Å². The van der Waals surface area contributed by atoms with Crippen LogP contribution < -0.4 is 0 Å². The molecule has 6 nitrogen and oxygen atoms in total. The lowest BCUT2D eigenvalue weighted by Crippen LogP contribution is -2.32. The van der Waals surface area contributed by atoms with E-state index in [1.54, 1.807) is 6.92 Å². The lowest BCUT2D eigenvalue weighted by Gasteiger charge is -2.23. The molecule has 1 saturated heterocycles. The number of rotatable bonds is 4. The second kappa shape index (κ2) is 4.88. The number of carbonyl (C=O) groups excluding carboxylic acids is 1. The summed E-state index contributed by atoms with van der Waals surface area (Å²) >= 11 is 6.15. The van der Waals surface area contributed by atoms with E-state index in [1.165, 1.54) is 11.8 Å². The van der Waals surface area contributed by atoms with Gasteiger partial charge in [0.05, 0.1) is 29.2 Å². The Morgan fingerprint density at radius 2 is 2.26 bits per heavy atom. The number of sulfone groups is 1. The van der Waals surface area contributed by atoms with Gasteiger partial charge in [0.15, 0.2) is 16.1 Å². The number of ether oxygens (including phenoxy) is 1. The average molecular weight is 307 g/mol. The second-order valence-electron chi connectivity index (χ2n) is 4.95. The van der Waals surface area contributed by atoms with Crippen LogP contribution in [0.5, 0.6) is 0 Å². The van der Waals surface area contributed by atoms with Gasteiger partial charge in [-0.15, -0.1) is 0 Å². The first-order chi connectivity index (χ1) is 8.83. The minimum atomic E-state index is -3.08. The van der Waals surface area contributed by atoms with Crippen molar-refractivity contribution < 1.29 is 17.9 Å². The van der Waals surface area contributed by atoms with E-state index in [9.17, 15) is 13.2 Å². The highest BCUT2D eigenvalue weighted by Gasteiger charge is 2.42. The van der Waals surface area contributed by atoms with Gasteiger partial charge in [0.1, 0.15) is 10.8 Å². The molecule has 1 aromatic rings. The minimum absolute atomic E-state index is 0.0217. The number of methoxy groups -OCH3 is 1. The zero-order chi connectivity index (χ0) is 14.3. The van der Waals surface area contributed by atoms with Crippen LogP contribution in [0, 0.1) is 0 Å². The smallest absolute Gasteiger partial charge is 0.155 e. The van der Waals surface area contributed by atoms with E-state index < -0.39 is 15.4 Å². The van der Waals surface area contributed by atoms with E-state index in [0.29, 0.717) is 18.4 Å². The van der Waals surface area contributed by atoms with Gasteiger partial charge in [0.2, 0.25) is 0 Å². The normalized spacial score (nSPS) is 25.6. The van der Waals surface area contributed by atoms with Crippen molar-refractivity contribution in [3.8, 4) is 0 Å². The molecular weight excluding hydrogens is 292 g/mol. The number of nitrogens with zero attached hydrogens (tertiary/aromatic N) is 2. The maximum atomic E-state index is 11.6. The van der Waals surface area contributed by atoms with E-state index in [1.807, 2.05) is 0 Å². The molecule has 1 atom stereocenters. The molecule has 2 rings (SSSR count). The maximum Gasteiger partial charge on any atom is 0.155 e. The van der Waals surface area contributed by atoms with Crippen molar-refractivity contribution in [3.63, 3.8) is 0 Å². The van der Waals surface area contributed by atoms with Crippen LogP contribution in [0.2, 0.25) is 5.15 Å². The Hall–Kier alpha value is -0.920. The third-order valence-electron chi connectivity index (χ3n) is 3.33. The molecule has 106 valence electrons. The van der Waals surface area contributed by atoms with Gasteiger partial charge in [-0.1, -0.05) is 11.6 Å². The zero-order valence-electron chi connectivity index (χ0n) is 10.7. The van der Waals surface area contributed by atoms with E-state index in [4.69, 9.17) is 16.3 Å². The van der Waals surface area contributed by atoms with Crippen molar-refractivity contribution >= 4 is 27.7 Å². The Morgan fingerprint density at radius 1 is 1.58 bits per heavy atom. The molecule has 1 aromatic heterocycles. The molecule has 0 aromatic carbocycles. The summed E-state index contributed by atoms with van der Waals surface area (Å²) in [6.07, 6.45) is 1.05. The minimum Gasteiger partial charge on any atom is -0.378 e. The standard InChI is InChI=1S/C11H15ClN2O4S/c1-11(3-4-19(16,17)7-11)14-10(12)8(5-15)9(13-14)6-18-2/h5H,3-4,6-7H2,1-2H3. The van der Waals surface area contributed by atoms with Crippen LogP contribution in [0.25, 0.3) is 0 Å². The van der Waals surface area contributed by atoms with Crippen LogP contribution in [0.15, 0.2) is 0 Å². The first-order valence-electron chi connectivity index (χ1n) is 5.75. The Labute approximate surface area is 116 Å². The van der Waals surface area contributed by atoms with Crippen molar-refractivity contribution in [1.29, 1.82) is 0 Å². The molecule has 1 aliphatic heterocycles. The van der Waals surface area contributed by atoms with E-state index in [0.717, 1.165) is 0 Å². The predicted octanol–water partition coefficient (Wildman–Crippen LogP) is 1.03. The molecule has 0 amide bonds. The molecule has 0 radical (unpaired) electrons. The largest absolute Gasteiger partial charge is 0.378 e. The van der Waals surface area contributed by atoms with Crippen LogP contribution in [0.4, 0.5) is 0 Å². The van der Waals surface area contributed by atoms with E-state index >= 15 is 0 Å². The summed E-state index contributed by atoms with van der Waals surface area (Å²) in [6, 6.07) is 0. The fourth-order valence-electron chi connectivity index (χ4n) is 2.33. The highest BCUT2D eigenvalue weighted by Crippen LogP contribution is 2.34. The molecule has 1 fully saturated rings. The Morgan fingerprint density at radius 3 is 2.74 bits per heavy atom. The molecule has 19 heavy (non-hydrogen) atoms. The van der Waals surface area contributed by atoms with Crippen LogP contribution in [-0.2, 0) is 26.7 Å².